The predicted molar refractivity (Wildman–Crippen MR) is 69.6 cm³/mol. The molecule has 3 nitrogen and oxygen atoms in total. The van der Waals surface area contributed by atoms with Crippen LogP contribution in [0.15, 0.2) is 34.0 Å². The van der Waals surface area contributed by atoms with Crippen LogP contribution in [-0.4, -0.2) is 26.8 Å². The molecule has 0 bridgehead atoms. The summed E-state index contributed by atoms with van der Waals surface area (Å²) in [5, 5.41) is 1.19. The Morgan fingerprint density at radius 2 is 2.06 bits per heavy atom. The summed E-state index contributed by atoms with van der Waals surface area (Å²) in [5.74, 6) is 0. The van der Waals surface area contributed by atoms with E-state index in [2.05, 4.69) is 35.8 Å². The standard InChI is InChI=1S/C11H12BrN3S/c12-9-3-4-10-13-7-11(15(10)8-9)16-14-5-1-2-6-14/h3-4,7-8H,1-2,5-6H2. The number of fused-ring (bicyclic) bond motifs is 1. The number of hydrogen-bond donors (Lipinski definition) is 0. The lowest BCUT2D eigenvalue weighted by molar-refractivity contribution is 0.584. The second-order valence-corrected chi connectivity index (χ2v) is 5.93. The monoisotopic (exact) mass is 297 g/mol. The third-order valence-electron chi connectivity index (χ3n) is 2.72. The van der Waals surface area contributed by atoms with Crippen LogP contribution in [0.4, 0.5) is 0 Å². The van der Waals surface area contributed by atoms with E-state index in [4.69, 9.17) is 0 Å². The van der Waals surface area contributed by atoms with Gasteiger partial charge in [0.15, 0.2) is 0 Å². The maximum atomic E-state index is 4.40. The summed E-state index contributed by atoms with van der Waals surface area (Å²) in [6.45, 7) is 2.37. The second-order valence-electron chi connectivity index (χ2n) is 3.90. The van der Waals surface area contributed by atoms with Gasteiger partial charge in [0.25, 0.3) is 0 Å². The minimum Gasteiger partial charge on any atom is -0.292 e. The number of aromatic nitrogens is 2. The fraction of sp³-hybridized carbons (Fsp3) is 0.364. The molecule has 1 fully saturated rings. The smallest absolute Gasteiger partial charge is 0.137 e. The van der Waals surface area contributed by atoms with E-state index in [1.165, 1.54) is 31.0 Å². The van der Waals surface area contributed by atoms with Gasteiger partial charge >= 0.3 is 0 Å². The number of halogens is 1. The molecule has 5 heteroatoms. The number of pyridine rings is 1. The topological polar surface area (TPSA) is 20.5 Å². The minimum atomic E-state index is 1.00. The van der Waals surface area contributed by atoms with Crippen molar-refractivity contribution in [2.24, 2.45) is 0 Å². The molecule has 0 aliphatic carbocycles. The Morgan fingerprint density at radius 3 is 2.88 bits per heavy atom. The highest BCUT2D eigenvalue weighted by atomic mass is 79.9. The third-order valence-corrected chi connectivity index (χ3v) is 4.30. The molecule has 2 aromatic heterocycles. The third kappa shape index (κ3) is 1.99. The molecule has 1 aliphatic heterocycles. The van der Waals surface area contributed by atoms with E-state index >= 15 is 0 Å². The average molecular weight is 298 g/mol. The van der Waals surface area contributed by atoms with E-state index in [0.29, 0.717) is 0 Å². The molecule has 1 saturated heterocycles. The van der Waals surface area contributed by atoms with E-state index in [9.17, 15) is 0 Å². The van der Waals surface area contributed by atoms with Crippen LogP contribution in [0.5, 0.6) is 0 Å². The lowest BCUT2D eigenvalue weighted by Crippen LogP contribution is -2.09. The van der Waals surface area contributed by atoms with Crippen LogP contribution in [0.25, 0.3) is 5.65 Å². The first-order valence-corrected chi connectivity index (χ1v) is 6.95. The Hall–Kier alpha value is -0.520. The van der Waals surface area contributed by atoms with Gasteiger partial charge in [-0.1, -0.05) is 0 Å². The molecule has 3 rings (SSSR count). The Labute approximate surface area is 107 Å². The first kappa shape index (κ1) is 10.6. The maximum absolute atomic E-state index is 4.40. The van der Waals surface area contributed by atoms with E-state index in [-0.39, 0.29) is 0 Å². The number of imidazole rings is 1. The Morgan fingerprint density at radius 1 is 1.25 bits per heavy atom. The van der Waals surface area contributed by atoms with Gasteiger partial charge in [0.2, 0.25) is 0 Å². The molecule has 2 aromatic rings. The highest BCUT2D eigenvalue weighted by Gasteiger charge is 2.15. The van der Waals surface area contributed by atoms with Crippen molar-refractivity contribution in [1.29, 1.82) is 0 Å². The molecule has 84 valence electrons. The summed E-state index contributed by atoms with van der Waals surface area (Å²) in [5.41, 5.74) is 1.00. The second kappa shape index (κ2) is 4.39. The lowest BCUT2D eigenvalue weighted by Gasteiger charge is -2.12. The quantitative estimate of drug-likeness (QED) is 0.794. The first-order chi connectivity index (χ1) is 7.83. The SMILES string of the molecule is Brc1ccc2ncc(SN3CCCC3)n2c1. The van der Waals surface area contributed by atoms with Crippen molar-refractivity contribution in [3.8, 4) is 0 Å². The molecule has 0 spiro atoms. The van der Waals surface area contributed by atoms with Crippen LogP contribution >= 0.6 is 27.9 Å². The van der Waals surface area contributed by atoms with E-state index in [0.717, 1.165) is 10.1 Å². The van der Waals surface area contributed by atoms with Crippen LogP contribution in [0.1, 0.15) is 12.8 Å². The molecule has 0 atom stereocenters. The van der Waals surface area contributed by atoms with E-state index in [1.54, 1.807) is 0 Å². The van der Waals surface area contributed by atoms with Gasteiger partial charge < -0.3 is 0 Å². The van der Waals surface area contributed by atoms with Crippen LogP contribution in [-0.2, 0) is 0 Å². The summed E-state index contributed by atoms with van der Waals surface area (Å²) in [6, 6.07) is 4.05. The molecule has 0 unspecified atom stereocenters. The van der Waals surface area contributed by atoms with Crippen molar-refractivity contribution < 1.29 is 0 Å². The van der Waals surface area contributed by atoms with Crippen LogP contribution in [0, 0.1) is 0 Å². The van der Waals surface area contributed by atoms with E-state index < -0.39 is 0 Å². The summed E-state index contributed by atoms with van der Waals surface area (Å²) in [7, 11) is 0. The van der Waals surface area contributed by atoms with E-state index in [1.807, 2.05) is 30.3 Å². The largest absolute Gasteiger partial charge is 0.292 e. The normalized spacial score (nSPS) is 17.3. The fourth-order valence-corrected chi connectivity index (χ4v) is 3.29. The van der Waals surface area contributed by atoms with Gasteiger partial charge in [0.05, 0.1) is 6.20 Å². The Kier molecular flexibility index (Phi) is 2.91. The van der Waals surface area contributed by atoms with Gasteiger partial charge in [-0.3, -0.25) is 4.40 Å². The zero-order chi connectivity index (χ0) is 11.0. The van der Waals surface area contributed by atoms with Gasteiger partial charge in [-0.2, -0.15) is 0 Å². The van der Waals surface area contributed by atoms with Crippen LogP contribution < -0.4 is 0 Å². The van der Waals surface area contributed by atoms with Gasteiger partial charge in [0.1, 0.15) is 10.7 Å². The fourth-order valence-electron chi connectivity index (χ4n) is 1.91. The highest BCUT2D eigenvalue weighted by Crippen LogP contribution is 2.27. The molecular formula is C11H12BrN3S. The summed E-state index contributed by atoms with van der Waals surface area (Å²) in [4.78, 5) is 4.40. The van der Waals surface area contributed by atoms with Gasteiger partial charge in [-0.25, -0.2) is 9.29 Å². The molecule has 3 heterocycles. The summed E-state index contributed by atoms with van der Waals surface area (Å²) >= 11 is 5.30. The average Bonchev–Trinajstić information content (AvgIpc) is 2.90. The number of hydrogen-bond acceptors (Lipinski definition) is 3. The van der Waals surface area contributed by atoms with Gasteiger partial charge in [0, 0.05) is 23.8 Å². The molecule has 16 heavy (non-hydrogen) atoms. The summed E-state index contributed by atoms with van der Waals surface area (Å²) in [6.07, 6.45) is 6.65. The van der Waals surface area contributed by atoms with Crippen molar-refractivity contribution in [1.82, 2.24) is 13.7 Å². The minimum absolute atomic E-state index is 1.00. The Bertz CT molecular complexity index is 505. The Balaban J connectivity index is 1.93. The van der Waals surface area contributed by atoms with Crippen LogP contribution in [0.2, 0.25) is 0 Å². The van der Waals surface area contributed by atoms with Crippen LogP contribution in [0.3, 0.4) is 0 Å². The molecule has 0 saturated carbocycles. The zero-order valence-electron chi connectivity index (χ0n) is 8.77. The number of nitrogens with zero attached hydrogens (tertiary/aromatic N) is 3. The van der Waals surface area contributed by atoms with Gasteiger partial charge in [-0.15, -0.1) is 0 Å². The van der Waals surface area contributed by atoms with Gasteiger partial charge in [-0.05, 0) is 52.9 Å². The van der Waals surface area contributed by atoms with Crippen molar-refractivity contribution in [3.05, 3.63) is 29.0 Å². The molecule has 1 aliphatic rings. The van der Waals surface area contributed by atoms with Crippen molar-refractivity contribution >= 4 is 33.5 Å². The number of rotatable bonds is 2. The molecule has 0 aromatic carbocycles. The highest BCUT2D eigenvalue weighted by molar-refractivity contribution is 9.10. The maximum Gasteiger partial charge on any atom is 0.137 e. The lowest BCUT2D eigenvalue weighted by atomic mass is 10.4. The van der Waals surface area contributed by atoms with Crippen molar-refractivity contribution in [2.45, 2.75) is 17.9 Å². The zero-order valence-corrected chi connectivity index (χ0v) is 11.2. The molecule has 0 N–H and O–H groups in total. The first-order valence-electron chi connectivity index (χ1n) is 5.38. The molecule has 0 radical (unpaired) electrons. The van der Waals surface area contributed by atoms with Crippen molar-refractivity contribution in [3.63, 3.8) is 0 Å². The molecular weight excluding hydrogens is 286 g/mol. The molecule has 0 amide bonds. The summed E-state index contributed by atoms with van der Waals surface area (Å²) < 4.78 is 5.62. The predicted octanol–water partition coefficient (Wildman–Crippen LogP) is 3.20. The van der Waals surface area contributed by atoms with Crippen molar-refractivity contribution in [2.75, 3.05) is 13.1 Å².